The molecule has 1 unspecified atom stereocenters. The molecule has 0 radical (unpaired) electrons. The van der Waals surface area contributed by atoms with Crippen LogP contribution in [0.5, 0.6) is 0 Å². The Kier molecular flexibility index (Phi) is 5.26. The molecule has 0 bridgehead atoms. The van der Waals surface area contributed by atoms with Gasteiger partial charge in [0.25, 0.3) is 0 Å². The second-order valence-corrected chi connectivity index (χ2v) is 5.65. The van der Waals surface area contributed by atoms with E-state index in [2.05, 4.69) is 25.7 Å². The molecule has 0 aromatic rings. The van der Waals surface area contributed by atoms with Gasteiger partial charge in [-0.15, -0.1) is 0 Å². The van der Waals surface area contributed by atoms with Gasteiger partial charge in [-0.3, -0.25) is 4.79 Å². The minimum atomic E-state index is -0.632. The summed E-state index contributed by atoms with van der Waals surface area (Å²) in [4.78, 5) is 13.5. The predicted molar refractivity (Wildman–Crippen MR) is 65.4 cm³/mol. The number of piperidine rings is 1. The van der Waals surface area contributed by atoms with Gasteiger partial charge in [-0.25, -0.2) is 0 Å². The molecule has 1 saturated heterocycles. The molecule has 1 aliphatic rings. The molecule has 94 valence electrons. The van der Waals surface area contributed by atoms with Gasteiger partial charge in [-0.2, -0.15) is 0 Å². The van der Waals surface area contributed by atoms with Crippen molar-refractivity contribution in [2.45, 2.75) is 40.0 Å². The van der Waals surface area contributed by atoms with Crippen LogP contribution in [0.15, 0.2) is 0 Å². The van der Waals surface area contributed by atoms with E-state index in [1.165, 1.54) is 12.8 Å². The van der Waals surface area contributed by atoms with Gasteiger partial charge in [-0.05, 0) is 44.2 Å². The van der Waals surface area contributed by atoms with Gasteiger partial charge < -0.3 is 10.0 Å². The van der Waals surface area contributed by atoms with Crippen LogP contribution in [0.3, 0.4) is 0 Å². The summed E-state index contributed by atoms with van der Waals surface area (Å²) in [7, 11) is 0. The summed E-state index contributed by atoms with van der Waals surface area (Å²) >= 11 is 0. The number of carboxylic acids is 1. The molecular weight excluding hydrogens is 202 g/mol. The lowest BCUT2D eigenvalue weighted by Gasteiger charge is -2.32. The van der Waals surface area contributed by atoms with E-state index in [-0.39, 0.29) is 5.92 Å². The lowest BCUT2D eigenvalue weighted by Crippen LogP contribution is -2.39. The highest BCUT2D eigenvalue weighted by atomic mass is 16.4. The molecule has 0 saturated carbocycles. The Bertz CT molecular complexity index is 220. The van der Waals surface area contributed by atoms with E-state index in [0.29, 0.717) is 5.92 Å². The maximum Gasteiger partial charge on any atom is 0.307 e. The van der Waals surface area contributed by atoms with Crippen molar-refractivity contribution in [2.24, 2.45) is 17.8 Å². The molecular formula is C13H25NO2. The summed E-state index contributed by atoms with van der Waals surface area (Å²) in [6.07, 6.45) is 3.23. The molecule has 1 atom stereocenters. The van der Waals surface area contributed by atoms with Crippen LogP contribution in [0.1, 0.15) is 40.0 Å². The van der Waals surface area contributed by atoms with Crippen LogP contribution in [-0.2, 0) is 4.79 Å². The first-order valence-corrected chi connectivity index (χ1v) is 6.44. The maximum absolute atomic E-state index is 11.1. The van der Waals surface area contributed by atoms with Crippen LogP contribution in [0.25, 0.3) is 0 Å². The smallest absolute Gasteiger partial charge is 0.307 e. The number of nitrogens with zero attached hydrogens (tertiary/aromatic N) is 1. The SMILES string of the molecule is CC(C)CC(CN1CCC(C)CC1)C(=O)O. The van der Waals surface area contributed by atoms with Crippen molar-refractivity contribution in [1.29, 1.82) is 0 Å². The zero-order valence-corrected chi connectivity index (χ0v) is 10.8. The first kappa shape index (κ1) is 13.5. The van der Waals surface area contributed by atoms with Gasteiger partial charge in [-0.1, -0.05) is 20.8 Å². The number of aliphatic carboxylic acids is 1. The Labute approximate surface area is 98.8 Å². The van der Waals surface area contributed by atoms with E-state index in [9.17, 15) is 9.90 Å². The van der Waals surface area contributed by atoms with E-state index >= 15 is 0 Å². The number of hydrogen-bond acceptors (Lipinski definition) is 2. The summed E-state index contributed by atoms with van der Waals surface area (Å²) in [5.41, 5.74) is 0. The summed E-state index contributed by atoms with van der Waals surface area (Å²) in [5.74, 6) is 0.454. The molecule has 1 N–H and O–H groups in total. The zero-order chi connectivity index (χ0) is 12.1. The molecule has 16 heavy (non-hydrogen) atoms. The van der Waals surface area contributed by atoms with E-state index in [0.717, 1.165) is 32.0 Å². The Hall–Kier alpha value is -0.570. The molecule has 0 aliphatic carbocycles. The highest BCUT2D eigenvalue weighted by Crippen LogP contribution is 2.19. The number of rotatable bonds is 5. The van der Waals surface area contributed by atoms with Crippen LogP contribution in [-0.4, -0.2) is 35.6 Å². The van der Waals surface area contributed by atoms with Crippen LogP contribution < -0.4 is 0 Å². The fraction of sp³-hybridized carbons (Fsp3) is 0.923. The minimum absolute atomic E-state index is 0.187. The molecule has 1 heterocycles. The number of hydrogen-bond donors (Lipinski definition) is 1. The summed E-state index contributed by atoms with van der Waals surface area (Å²) in [5, 5.41) is 9.18. The molecule has 0 aromatic carbocycles. The first-order valence-electron chi connectivity index (χ1n) is 6.44. The van der Waals surface area contributed by atoms with E-state index in [4.69, 9.17) is 0 Å². The number of likely N-dealkylation sites (tertiary alicyclic amines) is 1. The van der Waals surface area contributed by atoms with Gasteiger partial charge in [0.05, 0.1) is 5.92 Å². The molecule has 3 nitrogen and oxygen atoms in total. The topological polar surface area (TPSA) is 40.5 Å². The zero-order valence-electron chi connectivity index (χ0n) is 10.8. The fourth-order valence-electron chi connectivity index (χ4n) is 2.38. The first-order chi connectivity index (χ1) is 7.49. The molecule has 1 fully saturated rings. The van der Waals surface area contributed by atoms with Crippen molar-refractivity contribution in [1.82, 2.24) is 4.90 Å². The van der Waals surface area contributed by atoms with Gasteiger partial charge in [0.1, 0.15) is 0 Å². The van der Waals surface area contributed by atoms with Crippen LogP contribution in [0.2, 0.25) is 0 Å². The average molecular weight is 227 g/mol. The van der Waals surface area contributed by atoms with Crippen LogP contribution in [0, 0.1) is 17.8 Å². The van der Waals surface area contributed by atoms with E-state index in [1.54, 1.807) is 0 Å². The quantitative estimate of drug-likeness (QED) is 0.784. The Morgan fingerprint density at radius 3 is 2.38 bits per heavy atom. The number of carbonyl (C=O) groups is 1. The third kappa shape index (κ3) is 4.52. The third-order valence-electron chi connectivity index (χ3n) is 3.46. The van der Waals surface area contributed by atoms with Gasteiger partial charge in [0.15, 0.2) is 0 Å². The van der Waals surface area contributed by atoms with Crippen molar-refractivity contribution >= 4 is 5.97 Å². The van der Waals surface area contributed by atoms with E-state index in [1.807, 2.05) is 0 Å². The van der Waals surface area contributed by atoms with Crippen molar-refractivity contribution in [3.05, 3.63) is 0 Å². The third-order valence-corrected chi connectivity index (χ3v) is 3.46. The van der Waals surface area contributed by atoms with Crippen molar-refractivity contribution in [3.63, 3.8) is 0 Å². The Balaban J connectivity index is 2.39. The summed E-state index contributed by atoms with van der Waals surface area (Å²) in [6.45, 7) is 9.34. The molecule has 1 aliphatic heterocycles. The highest BCUT2D eigenvalue weighted by molar-refractivity contribution is 5.70. The largest absolute Gasteiger partial charge is 0.481 e. The molecule has 0 aromatic heterocycles. The van der Waals surface area contributed by atoms with E-state index < -0.39 is 5.97 Å². The monoisotopic (exact) mass is 227 g/mol. The Morgan fingerprint density at radius 2 is 1.94 bits per heavy atom. The van der Waals surface area contributed by atoms with Gasteiger partial charge >= 0.3 is 5.97 Å². The lowest BCUT2D eigenvalue weighted by atomic mass is 9.94. The van der Waals surface area contributed by atoms with Gasteiger partial charge in [0.2, 0.25) is 0 Å². The normalized spacial score (nSPS) is 21.2. The summed E-state index contributed by atoms with van der Waals surface area (Å²) < 4.78 is 0. The number of carboxylic acid groups (broad SMARTS) is 1. The minimum Gasteiger partial charge on any atom is -0.481 e. The average Bonchev–Trinajstić information content (AvgIpc) is 2.19. The van der Waals surface area contributed by atoms with Crippen LogP contribution in [0.4, 0.5) is 0 Å². The van der Waals surface area contributed by atoms with Crippen molar-refractivity contribution in [3.8, 4) is 0 Å². The molecule has 1 rings (SSSR count). The van der Waals surface area contributed by atoms with Crippen LogP contribution >= 0.6 is 0 Å². The van der Waals surface area contributed by atoms with Crippen molar-refractivity contribution < 1.29 is 9.90 Å². The maximum atomic E-state index is 11.1. The standard InChI is InChI=1S/C13H25NO2/c1-10(2)8-12(13(15)16)9-14-6-4-11(3)5-7-14/h10-12H,4-9H2,1-3H3,(H,15,16). The van der Waals surface area contributed by atoms with Crippen molar-refractivity contribution in [2.75, 3.05) is 19.6 Å². The molecule has 0 spiro atoms. The van der Waals surface area contributed by atoms with Gasteiger partial charge in [0, 0.05) is 6.54 Å². The molecule has 3 heteroatoms. The Morgan fingerprint density at radius 1 is 1.38 bits per heavy atom. The second kappa shape index (κ2) is 6.24. The summed E-state index contributed by atoms with van der Waals surface area (Å²) in [6, 6.07) is 0. The second-order valence-electron chi connectivity index (χ2n) is 5.65. The predicted octanol–water partition coefficient (Wildman–Crippen LogP) is 2.47. The highest BCUT2D eigenvalue weighted by Gasteiger charge is 2.24. The molecule has 0 amide bonds. The lowest BCUT2D eigenvalue weighted by molar-refractivity contribution is -0.143. The fourth-order valence-corrected chi connectivity index (χ4v) is 2.38.